The van der Waals surface area contributed by atoms with Crippen LogP contribution < -0.4 is 5.73 Å². The molecule has 1 aromatic heterocycles. The second-order valence-electron chi connectivity index (χ2n) is 3.63. The molecule has 4 nitrogen and oxygen atoms in total. The Labute approximate surface area is 82.2 Å². The van der Waals surface area contributed by atoms with Gasteiger partial charge in [-0.1, -0.05) is 12.2 Å². The summed E-state index contributed by atoms with van der Waals surface area (Å²) in [7, 11) is 0. The summed E-state index contributed by atoms with van der Waals surface area (Å²) in [5.41, 5.74) is 5.67. The predicted molar refractivity (Wildman–Crippen MR) is 52.8 cm³/mol. The summed E-state index contributed by atoms with van der Waals surface area (Å²) in [5, 5.41) is 6.39. The number of ketones is 1. The SMILES string of the molecule is NC1(C(=O)c2ccn[nH]2)C=CCCC1. The molecule has 14 heavy (non-hydrogen) atoms. The van der Waals surface area contributed by atoms with E-state index in [4.69, 9.17) is 5.73 Å². The average molecular weight is 191 g/mol. The lowest BCUT2D eigenvalue weighted by Gasteiger charge is -2.26. The lowest BCUT2D eigenvalue weighted by atomic mass is 9.83. The van der Waals surface area contributed by atoms with E-state index in [1.807, 2.05) is 6.08 Å². The average Bonchev–Trinajstić information content (AvgIpc) is 2.70. The Hall–Kier alpha value is -1.42. The topological polar surface area (TPSA) is 71.8 Å². The molecule has 0 spiro atoms. The molecule has 0 amide bonds. The first kappa shape index (κ1) is 9.15. The van der Waals surface area contributed by atoms with Crippen molar-refractivity contribution in [3.05, 3.63) is 30.1 Å². The van der Waals surface area contributed by atoms with E-state index in [2.05, 4.69) is 10.2 Å². The number of nitrogens with two attached hydrogens (primary N) is 1. The monoisotopic (exact) mass is 191 g/mol. The van der Waals surface area contributed by atoms with Crippen molar-refractivity contribution >= 4 is 5.78 Å². The Balaban J connectivity index is 2.26. The highest BCUT2D eigenvalue weighted by Gasteiger charge is 2.33. The second-order valence-corrected chi connectivity index (χ2v) is 3.63. The number of rotatable bonds is 2. The van der Waals surface area contributed by atoms with Crippen LogP contribution in [-0.2, 0) is 0 Å². The van der Waals surface area contributed by atoms with Gasteiger partial charge in [0.2, 0.25) is 5.78 Å². The molecule has 0 radical (unpaired) electrons. The number of aromatic nitrogens is 2. The van der Waals surface area contributed by atoms with Gasteiger partial charge in [-0.05, 0) is 25.3 Å². The molecule has 0 saturated carbocycles. The van der Waals surface area contributed by atoms with Crippen molar-refractivity contribution in [2.24, 2.45) is 5.73 Å². The first-order valence-corrected chi connectivity index (χ1v) is 4.73. The van der Waals surface area contributed by atoms with Crippen molar-refractivity contribution in [1.29, 1.82) is 0 Å². The standard InChI is InChI=1S/C10H13N3O/c11-10(5-2-1-3-6-10)9(14)8-4-7-12-13-8/h2,4-5,7H,1,3,6,11H2,(H,12,13). The van der Waals surface area contributed by atoms with Crippen LogP contribution in [0.1, 0.15) is 29.8 Å². The smallest absolute Gasteiger partial charge is 0.204 e. The van der Waals surface area contributed by atoms with Crippen LogP contribution in [0.25, 0.3) is 0 Å². The largest absolute Gasteiger partial charge is 0.315 e. The molecule has 2 rings (SSSR count). The summed E-state index contributed by atoms with van der Waals surface area (Å²) < 4.78 is 0. The molecule has 0 aliphatic heterocycles. The second kappa shape index (κ2) is 3.38. The molecule has 0 saturated heterocycles. The molecule has 1 heterocycles. The molecule has 1 aliphatic rings. The minimum absolute atomic E-state index is 0.0778. The molecule has 1 aliphatic carbocycles. The number of nitrogens with one attached hydrogen (secondary N) is 1. The predicted octanol–water partition coefficient (Wildman–Crippen LogP) is 1.03. The third-order valence-corrected chi connectivity index (χ3v) is 2.54. The lowest BCUT2D eigenvalue weighted by Crippen LogP contribution is -2.47. The number of carbonyl (C=O) groups is 1. The van der Waals surface area contributed by atoms with Crippen LogP contribution in [0.3, 0.4) is 0 Å². The number of hydrogen-bond donors (Lipinski definition) is 2. The van der Waals surface area contributed by atoms with E-state index in [0.29, 0.717) is 12.1 Å². The first-order chi connectivity index (χ1) is 6.72. The number of allylic oxidation sites excluding steroid dienone is 1. The van der Waals surface area contributed by atoms with Crippen molar-refractivity contribution in [3.63, 3.8) is 0 Å². The maximum absolute atomic E-state index is 11.9. The Morgan fingerprint density at radius 2 is 2.50 bits per heavy atom. The summed E-state index contributed by atoms with van der Waals surface area (Å²) in [6.07, 6.45) is 8.02. The molecular formula is C10H13N3O. The van der Waals surface area contributed by atoms with E-state index < -0.39 is 5.54 Å². The van der Waals surface area contributed by atoms with Crippen LogP contribution >= 0.6 is 0 Å². The van der Waals surface area contributed by atoms with Crippen molar-refractivity contribution in [3.8, 4) is 0 Å². The third kappa shape index (κ3) is 1.48. The molecular weight excluding hydrogens is 178 g/mol. The van der Waals surface area contributed by atoms with Crippen molar-refractivity contribution in [1.82, 2.24) is 10.2 Å². The Morgan fingerprint density at radius 1 is 1.64 bits per heavy atom. The van der Waals surface area contributed by atoms with Crippen molar-refractivity contribution in [2.75, 3.05) is 0 Å². The number of carbonyl (C=O) groups excluding carboxylic acids is 1. The van der Waals surface area contributed by atoms with Crippen LogP contribution in [0, 0.1) is 0 Å². The summed E-state index contributed by atoms with van der Waals surface area (Å²) in [5.74, 6) is -0.0778. The zero-order valence-corrected chi connectivity index (χ0v) is 7.86. The maximum Gasteiger partial charge on any atom is 0.204 e. The molecule has 0 aromatic carbocycles. The lowest BCUT2D eigenvalue weighted by molar-refractivity contribution is 0.0905. The van der Waals surface area contributed by atoms with Gasteiger partial charge in [-0.2, -0.15) is 5.10 Å². The highest BCUT2D eigenvalue weighted by Crippen LogP contribution is 2.22. The third-order valence-electron chi connectivity index (χ3n) is 2.54. The van der Waals surface area contributed by atoms with E-state index in [-0.39, 0.29) is 5.78 Å². The van der Waals surface area contributed by atoms with Crippen LogP contribution in [-0.4, -0.2) is 21.5 Å². The number of aromatic amines is 1. The zero-order valence-electron chi connectivity index (χ0n) is 7.86. The summed E-state index contributed by atoms with van der Waals surface area (Å²) in [6.45, 7) is 0. The molecule has 3 N–H and O–H groups in total. The fraction of sp³-hybridized carbons (Fsp3) is 0.400. The Morgan fingerprint density at radius 3 is 3.07 bits per heavy atom. The van der Waals surface area contributed by atoms with Gasteiger partial charge in [-0.3, -0.25) is 9.89 Å². The van der Waals surface area contributed by atoms with Gasteiger partial charge >= 0.3 is 0 Å². The van der Waals surface area contributed by atoms with E-state index in [1.54, 1.807) is 18.3 Å². The van der Waals surface area contributed by atoms with Gasteiger partial charge in [0, 0.05) is 6.20 Å². The van der Waals surface area contributed by atoms with Crippen LogP contribution in [0.15, 0.2) is 24.4 Å². The fourth-order valence-electron chi connectivity index (χ4n) is 1.71. The van der Waals surface area contributed by atoms with E-state index in [9.17, 15) is 4.79 Å². The van der Waals surface area contributed by atoms with Gasteiger partial charge in [0.1, 0.15) is 5.69 Å². The minimum Gasteiger partial charge on any atom is -0.315 e. The van der Waals surface area contributed by atoms with Gasteiger partial charge in [0.25, 0.3) is 0 Å². The number of H-pyrrole nitrogens is 1. The van der Waals surface area contributed by atoms with Gasteiger partial charge < -0.3 is 5.73 Å². The van der Waals surface area contributed by atoms with Crippen molar-refractivity contribution < 1.29 is 4.79 Å². The van der Waals surface area contributed by atoms with Crippen LogP contribution in [0.4, 0.5) is 0 Å². The van der Waals surface area contributed by atoms with Gasteiger partial charge in [0.15, 0.2) is 0 Å². The number of Topliss-reactive ketones (excluding diaryl/α,β-unsaturated/α-hetero) is 1. The molecule has 74 valence electrons. The van der Waals surface area contributed by atoms with E-state index in [0.717, 1.165) is 12.8 Å². The molecule has 0 bridgehead atoms. The molecule has 1 atom stereocenters. The summed E-state index contributed by atoms with van der Waals surface area (Å²) >= 11 is 0. The Kier molecular flexibility index (Phi) is 2.21. The quantitative estimate of drug-likeness (QED) is 0.541. The summed E-state index contributed by atoms with van der Waals surface area (Å²) in [4.78, 5) is 11.9. The first-order valence-electron chi connectivity index (χ1n) is 4.73. The number of nitrogens with zero attached hydrogens (tertiary/aromatic N) is 1. The highest BCUT2D eigenvalue weighted by atomic mass is 16.1. The highest BCUT2D eigenvalue weighted by molar-refractivity contribution is 6.03. The normalized spacial score (nSPS) is 26.4. The Bertz CT molecular complexity index is 355. The molecule has 0 fully saturated rings. The number of hydrogen-bond acceptors (Lipinski definition) is 3. The molecule has 1 aromatic rings. The molecule has 1 unspecified atom stereocenters. The fourth-order valence-corrected chi connectivity index (χ4v) is 1.71. The maximum atomic E-state index is 11.9. The van der Waals surface area contributed by atoms with Crippen molar-refractivity contribution in [2.45, 2.75) is 24.8 Å². The van der Waals surface area contributed by atoms with Gasteiger partial charge in [-0.25, -0.2) is 0 Å². The van der Waals surface area contributed by atoms with E-state index in [1.165, 1.54) is 0 Å². The van der Waals surface area contributed by atoms with E-state index >= 15 is 0 Å². The molecule has 4 heteroatoms. The van der Waals surface area contributed by atoms with Crippen LogP contribution in [0.2, 0.25) is 0 Å². The minimum atomic E-state index is -0.829. The van der Waals surface area contributed by atoms with Crippen LogP contribution in [0.5, 0.6) is 0 Å². The summed E-state index contributed by atoms with van der Waals surface area (Å²) in [6, 6.07) is 1.65. The zero-order chi connectivity index (χ0) is 10.0. The van der Waals surface area contributed by atoms with Gasteiger partial charge in [-0.15, -0.1) is 0 Å². The van der Waals surface area contributed by atoms with Gasteiger partial charge in [0.05, 0.1) is 5.54 Å².